The highest BCUT2D eigenvalue weighted by molar-refractivity contribution is 7.92. The van der Waals surface area contributed by atoms with E-state index in [1.165, 1.54) is 24.1 Å². The van der Waals surface area contributed by atoms with Gasteiger partial charge in [0.15, 0.2) is 0 Å². The predicted octanol–water partition coefficient (Wildman–Crippen LogP) is 5.18. The molecule has 0 saturated carbocycles. The maximum Gasteiger partial charge on any atom is 0.264 e. The smallest absolute Gasteiger partial charge is 0.264 e. The van der Waals surface area contributed by atoms with Crippen molar-refractivity contribution in [1.82, 2.24) is 10.2 Å². The SMILES string of the molecule is COc1ccc(S(=O)(=O)N(CC(=O)N(Cc2ccccc2Cl)[C@@H](C)C(=O)NC(C)(C)C)c2ccc(C)cc2)cc1. The van der Waals surface area contributed by atoms with Gasteiger partial charge in [-0.15, -0.1) is 0 Å². The molecular weight excluding hydrogens is 550 g/mol. The fourth-order valence-electron chi connectivity index (χ4n) is 3.98. The molecular formula is C30H36ClN3O5S. The maximum atomic E-state index is 14.0. The van der Waals surface area contributed by atoms with Crippen molar-refractivity contribution in [3.05, 3.63) is 88.9 Å². The third kappa shape index (κ3) is 7.76. The minimum atomic E-state index is -4.17. The number of hydrogen-bond donors (Lipinski definition) is 1. The Kier molecular flexibility index (Phi) is 9.87. The number of sulfonamides is 1. The number of benzene rings is 3. The number of halogens is 1. The summed E-state index contributed by atoms with van der Waals surface area (Å²) in [5.41, 5.74) is 1.35. The van der Waals surface area contributed by atoms with Crippen molar-refractivity contribution in [3.8, 4) is 5.75 Å². The van der Waals surface area contributed by atoms with Crippen molar-refractivity contribution in [2.24, 2.45) is 0 Å². The topological polar surface area (TPSA) is 96.0 Å². The quantitative estimate of drug-likeness (QED) is 0.353. The molecule has 2 amide bonds. The number of anilines is 1. The summed E-state index contributed by atoms with van der Waals surface area (Å²) in [4.78, 5) is 28.5. The first kappa shape index (κ1) is 31.0. The van der Waals surface area contributed by atoms with Crippen molar-refractivity contribution in [2.75, 3.05) is 18.0 Å². The van der Waals surface area contributed by atoms with E-state index in [0.29, 0.717) is 22.0 Å². The number of carbonyl (C=O) groups is 2. The van der Waals surface area contributed by atoms with Gasteiger partial charge in [-0.25, -0.2) is 8.42 Å². The van der Waals surface area contributed by atoms with Gasteiger partial charge in [0.1, 0.15) is 18.3 Å². The highest BCUT2D eigenvalue weighted by Crippen LogP contribution is 2.27. The molecule has 3 aromatic carbocycles. The van der Waals surface area contributed by atoms with E-state index < -0.39 is 34.1 Å². The molecule has 0 unspecified atom stereocenters. The van der Waals surface area contributed by atoms with Gasteiger partial charge in [0.2, 0.25) is 11.8 Å². The van der Waals surface area contributed by atoms with Crippen LogP contribution < -0.4 is 14.4 Å². The molecule has 8 nitrogen and oxygen atoms in total. The van der Waals surface area contributed by atoms with Gasteiger partial charge in [0, 0.05) is 17.1 Å². The molecule has 0 radical (unpaired) electrons. The fourth-order valence-corrected chi connectivity index (χ4v) is 5.59. The zero-order valence-corrected chi connectivity index (χ0v) is 25.2. The maximum absolute atomic E-state index is 14.0. The van der Waals surface area contributed by atoms with Crippen LogP contribution in [-0.2, 0) is 26.2 Å². The second kappa shape index (κ2) is 12.7. The van der Waals surface area contributed by atoms with Crippen molar-refractivity contribution in [1.29, 1.82) is 0 Å². The summed E-state index contributed by atoms with van der Waals surface area (Å²) in [6.07, 6.45) is 0. The van der Waals surface area contributed by atoms with Crippen molar-refractivity contribution < 1.29 is 22.7 Å². The second-order valence-corrected chi connectivity index (χ2v) is 12.8. The highest BCUT2D eigenvalue weighted by Gasteiger charge is 2.33. The lowest BCUT2D eigenvalue weighted by atomic mass is 10.1. The molecule has 0 fully saturated rings. The van der Waals surface area contributed by atoms with Crippen LogP contribution in [0.15, 0.2) is 77.7 Å². The Bertz CT molecular complexity index is 1440. The predicted molar refractivity (Wildman–Crippen MR) is 158 cm³/mol. The number of amides is 2. The average Bonchev–Trinajstić information content (AvgIpc) is 2.90. The molecule has 0 aromatic heterocycles. The molecule has 0 spiro atoms. The highest BCUT2D eigenvalue weighted by atomic mass is 35.5. The first-order valence-electron chi connectivity index (χ1n) is 12.8. The Morgan fingerprint density at radius 1 is 0.975 bits per heavy atom. The molecule has 0 heterocycles. The van der Waals surface area contributed by atoms with E-state index in [1.54, 1.807) is 67.6 Å². The second-order valence-electron chi connectivity index (χ2n) is 10.6. The summed E-state index contributed by atoms with van der Waals surface area (Å²) < 4.78 is 34.0. The lowest BCUT2D eigenvalue weighted by Crippen LogP contribution is -2.54. The largest absolute Gasteiger partial charge is 0.497 e. The zero-order valence-electron chi connectivity index (χ0n) is 23.6. The number of ether oxygens (including phenoxy) is 1. The number of aryl methyl sites for hydroxylation is 1. The number of rotatable bonds is 10. The van der Waals surface area contributed by atoms with E-state index in [4.69, 9.17) is 16.3 Å². The summed E-state index contributed by atoms with van der Waals surface area (Å²) >= 11 is 6.40. The van der Waals surface area contributed by atoms with Gasteiger partial charge in [-0.05, 0) is 82.6 Å². The molecule has 3 rings (SSSR count). The number of carbonyl (C=O) groups excluding carboxylic acids is 2. The minimum absolute atomic E-state index is 0.00199. The first-order valence-corrected chi connectivity index (χ1v) is 14.6. The minimum Gasteiger partial charge on any atom is -0.497 e. The molecule has 1 N–H and O–H groups in total. The third-order valence-corrected chi connectivity index (χ3v) is 8.37. The summed E-state index contributed by atoms with van der Waals surface area (Å²) in [5.74, 6) is -0.427. The van der Waals surface area contributed by atoms with Crippen LogP contribution in [0.2, 0.25) is 5.02 Å². The van der Waals surface area contributed by atoms with Crippen LogP contribution in [0.5, 0.6) is 5.75 Å². The summed E-state index contributed by atoms with van der Waals surface area (Å²) in [5, 5.41) is 3.34. The van der Waals surface area contributed by atoms with Crippen LogP contribution >= 0.6 is 11.6 Å². The zero-order chi connectivity index (χ0) is 29.7. The van der Waals surface area contributed by atoms with E-state index in [1.807, 2.05) is 27.7 Å². The van der Waals surface area contributed by atoms with Gasteiger partial charge < -0.3 is 15.0 Å². The number of nitrogens with one attached hydrogen (secondary N) is 1. The van der Waals surface area contributed by atoms with Gasteiger partial charge >= 0.3 is 0 Å². The van der Waals surface area contributed by atoms with Gasteiger partial charge in [0.05, 0.1) is 17.7 Å². The normalized spacial score (nSPS) is 12.4. The van der Waals surface area contributed by atoms with Crippen molar-refractivity contribution in [3.63, 3.8) is 0 Å². The molecule has 40 heavy (non-hydrogen) atoms. The number of hydrogen-bond acceptors (Lipinski definition) is 5. The summed E-state index contributed by atoms with van der Waals surface area (Å²) in [6.45, 7) is 8.52. The Balaban J connectivity index is 2.04. The molecule has 214 valence electrons. The van der Waals surface area contributed by atoms with E-state index in [-0.39, 0.29) is 17.3 Å². The third-order valence-electron chi connectivity index (χ3n) is 6.21. The van der Waals surface area contributed by atoms with E-state index in [2.05, 4.69) is 5.32 Å². The van der Waals surface area contributed by atoms with Crippen molar-refractivity contribution in [2.45, 2.75) is 57.6 Å². The Labute approximate surface area is 241 Å². The molecule has 0 aliphatic rings. The van der Waals surface area contributed by atoms with Gasteiger partial charge in [0.25, 0.3) is 10.0 Å². The molecule has 0 aliphatic heterocycles. The first-order chi connectivity index (χ1) is 18.7. The van der Waals surface area contributed by atoms with Gasteiger partial charge in [-0.1, -0.05) is 47.5 Å². The summed E-state index contributed by atoms with van der Waals surface area (Å²) in [7, 11) is -2.68. The Hall–Kier alpha value is -3.56. The lowest BCUT2D eigenvalue weighted by molar-refractivity contribution is -0.140. The number of methoxy groups -OCH3 is 1. The molecule has 0 saturated heterocycles. The monoisotopic (exact) mass is 585 g/mol. The van der Waals surface area contributed by atoms with Crippen LogP contribution in [0.25, 0.3) is 0 Å². The molecule has 1 atom stereocenters. The van der Waals surface area contributed by atoms with Crippen LogP contribution in [0.1, 0.15) is 38.8 Å². The van der Waals surface area contributed by atoms with Crippen LogP contribution in [-0.4, -0.2) is 50.4 Å². The molecule has 3 aromatic rings. The van der Waals surface area contributed by atoms with E-state index in [9.17, 15) is 18.0 Å². The molecule has 0 aliphatic carbocycles. The van der Waals surface area contributed by atoms with E-state index >= 15 is 0 Å². The summed E-state index contributed by atoms with van der Waals surface area (Å²) in [6, 6.07) is 18.9. The fraction of sp³-hybridized carbons (Fsp3) is 0.333. The van der Waals surface area contributed by atoms with Crippen LogP contribution in [0.3, 0.4) is 0 Å². The van der Waals surface area contributed by atoms with Crippen molar-refractivity contribution >= 4 is 39.1 Å². The molecule has 0 bridgehead atoms. The Morgan fingerprint density at radius 2 is 1.57 bits per heavy atom. The van der Waals surface area contributed by atoms with Crippen LogP contribution in [0.4, 0.5) is 5.69 Å². The number of nitrogens with zero attached hydrogens (tertiary/aromatic N) is 2. The lowest BCUT2D eigenvalue weighted by Gasteiger charge is -2.33. The average molecular weight is 586 g/mol. The van der Waals surface area contributed by atoms with Gasteiger partial charge in [-0.2, -0.15) is 0 Å². The standard InChI is InChI=1S/C30H36ClN3O5S/c1-21-11-13-24(14-12-21)34(40(37,38)26-17-15-25(39-6)16-18-26)20-28(35)33(19-23-9-7-8-10-27(23)31)22(2)29(36)32-30(3,4)5/h7-18,22H,19-20H2,1-6H3,(H,32,36)/t22-/m0/s1. The van der Waals surface area contributed by atoms with Gasteiger partial charge in [-0.3, -0.25) is 13.9 Å². The van der Waals surface area contributed by atoms with E-state index in [0.717, 1.165) is 9.87 Å². The molecule has 10 heteroatoms. The van der Waals surface area contributed by atoms with Crippen LogP contribution in [0, 0.1) is 6.92 Å². The Morgan fingerprint density at radius 3 is 2.12 bits per heavy atom.